The first-order chi connectivity index (χ1) is 13.5. The molecular weight excluding hydrogens is 359 g/mol. The van der Waals surface area contributed by atoms with Gasteiger partial charge < -0.3 is 14.5 Å². The molecule has 28 heavy (non-hydrogen) atoms. The Morgan fingerprint density at radius 2 is 2.29 bits per heavy atom. The Morgan fingerprint density at radius 3 is 3.11 bits per heavy atom. The Morgan fingerprint density at radius 1 is 1.39 bits per heavy atom. The molecule has 148 valence electrons. The summed E-state index contributed by atoms with van der Waals surface area (Å²) in [6.07, 6.45) is 4.05. The van der Waals surface area contributed by atoms with Gasteiger partial charge >= 0.3 is 0 Å². The van der Waals surface area contributed by atoms with Gasteiger partial charge in [-0.3, -0.25) is 9.69 Å². The number of aryl methyl sites for hydroxylation is 1. The Bertz CT molecular complexity index is 884. The van der Waals surface area contributed by atoms with Gasteiger partial charge in [-0.25, -0.2) is 4.39 Å². The van der Waals surface area contributed by atoms with Gasteiger partial charge in [-0.2, -0.15) is 0 Å². The molecule has 1 aromatic carbocycles. The molecule has 0 saturated carbocycles. The van der Waals surface area contributed by atoms with Gasteiger partial charge in [-0.1, -0.05) is 6.07 Å². The molecule has 0 unspecified atom stereocenters. The smallest absolute Gasteiger partial charge is 0.251 e. The van der Waals surface area contributed by atoms with Crippen LogP contribution >= 0.6 is 0 Å². The molecular formula is C22H25FN2O3. The van der Waals surface area contributed by atoms with E-state index in [9.17, 15) is 9.18 Å². The normalized spacial score (nSPS) is 31.3. The minimum absolute atomic E-state index is 0.0819. The van der Waals surface area contributed by atoms with Crippen LogP contribution in [0.25, 0.3) is 0 Å². The van der Waals surface area contributed by atoms with E-state index in [4.69, 9.17) is 9.15 Å². The quantitative estimate of drug-likeness (QED) is 0.861. The van der Waals surface area contributed by atoms with E-state index in [1.807, 2.05) is 19.1 Å². The molecule has 5 rings (SSSR count). The van der Waals surface area contributed by atoms with E-state index < -0.39 is 0 Å². The third-order valence-electron chi connectivity index (χ3n) is 6.76. The number of carbonyl (C=O) groups is 1. The van der Waals surface area contributed by atoms with E-state index in [-0.39, 0.29) is 23.4 Å². The van der Waals surface area contributed by atoms with Gasteiger partial charge in [0.05, 0.1) is 24.5 Å². The number of halogens is 1. The van der Waals surface area contributed by atoms with Crippen LogP contribution in [-0.4, -0.2) is 42.1 Å². The molecule has 1 amide bonds. The van der Waals surface area contributed by atoms with Crippen molar-refractivity contribution in [2.24, 2.45) is 11.8 Å². The van der Waals surface area contributed by atoms with Crippen LogP contribution < -0.4 is 5.32 Å². The lowest BCUT2D eigenvalue weighted by Gasteiger charge is -2.29. The van der Waals surface area contributed by atoms with E-state index in [0.717, 1.165) is 43.8 Å². The first kappa shape index (κ1) is 17.9. The number of fused-ring (bicyclic) bond motifs is 1. The van der Waals surface area contributed by atoms with Crippen LogP contribution in [0.2, 0.25) is 0 Å². The lowest BCUT2D eigenvalue weighted by Crippen LogP contribution is -2.42. The van der Waals surface area contributed by atoms with Crippen LogP contribution in [0.4, 0.5) is 4.39 Å². The fourth-order valence-corrected chi connectivity index (χ4v) is 5.45. The molecule has 3 aliphatic heterocycles. The zero-order valence-corrected chi connectivity index (χ0v) is 16.0. The summed E-state index contributed by atoms with van der Waals surface area (Å²) in [4.78, 5) is 15.0. The van der Waals surface area contributed by atoms with E-state index in [2.05, 4.69) is 10.2 Å². The molecule has 3 fully saturated rings. The molecule has 0 aliphatic carbocycles. The summed E-state index contributed by atoms with van der Waals surface area (Å²) in [7, 11) is 0. The monoisotopic (exact) mass is 384 g/mol. The van der Waals surface area contributed by atoms with Crippen molar-refractivity contribution in [3.63, 3.8) is 0 Å². The van der Waals surface area contributed by atoms with Crippen molar-refractivity contribution in [3.05, 3.63) is 59.3 Å². The second-order valence-electron chi connectivity index (χ2n) is 8.45. The minimum Gasteiger partial charge on any atom is -0.468 e. The van der Waals surface area contributed by atoms with Gasteiger partial charge in [-0.15, -0.1) is 0 Å². The summed E-state index contributed by atoms with van der Waals surface area (Å²) in [6, 6.07) is 8.25. The number of nitrogens with one attached hydrogen (secondary N) is 1. The Labute approximate surface area is 163 Å². The van der Waals surface area contributed by atoms with Crippen molar-refractivity contribution in [2.45, 2.75) is 38.0 Å². The van der Waals surface area contributed by atoms with Crippen molar-refractivity contribution < 1.29 is 18.3 Å². The first-order valence-electron chi connectivity index (χ1n) is 10.0. The standard InChI is InChI=1S/C22H25FN2O3/c1-14-4-5-15(23)9-17(14)21(26)24-10-18-19-12-25(11-16-3-2-8-27-16)13-22(19)7-6-20(18)28-22/h2-5,8-9,18-20H,6-7,10-13H2,1H3,(H,24,26)/t18-,19+,20+,22+/m0/s1. The number of rotatable bonds is 5. The van der Waals surface area contributed by atoms with Crippen molar-refractivity contribution >= 4 is 5.91 Å². The van der Waals surface area contributed by atoms with Gasteiger partial charge in [0, 0.05) is 37.0 Å². The number of furan rings is 1. The number of amides is 1. The zero-order chi connectivity index (χ0) is 19.3. The highest BCUT2D eigenvalue weighted by molar-refractivity contribution is 5.95. The maximum absolute atomic E-state index is 13.5. The van der Waals surface area contributed by atoms with Crippen molar-refractivity contribution in [1.29, 1.82) is 0 Å². The van der Waals surface area contributed by atoms with Gasteiger partial charge in [-0.05, 0) is 49.6 Å². The van der Waals surface area contributed by atoms with Crippen LogP contribution in [0.1, 0.15) is 34.5 Å². The van der Waals surface area contributed by atoms with Crippen LogP contribution in [0.15, 0.2) is 41.0 Å². The molecule has 3 saturated heterocycles. The average Bonchev–Trinajstić information content (AvgIpc) is 3.43. The van der Waals surface area contributed by atoms with Crippen LogP contribution in [0.3, 0.4) is 0 Å². The molecule has 2 aromatic rings. The molecule has 0 radical (unpaired) electrons. The molecule has 1 spiro atoms. The largest absolute Gasteiger partial charge is 0.468 e. The second kappa shape index (κ2) is 6.71. The van der Waals surface area contributed by atoms with E-state index in [0.29, 0.717) is 23.9 Å². The molecule has 5 nitrogen and oxygen atoms in total. The summed E-state index contributed by atoms with van der Waals surface area (Å²) in [6.45, 7) is 5.06. The fraction of sp³-hybridized carbons (Fsp3) is 0.500. The average molecular weight is 384 g/mol. The Hall–Kier alpha value is -2.18. The lowest BCUT2D eigenvalue weighted by molar-refractivity contribution is 0.00168. The summed E-state index contributed by atoms with van der Waals surface area (Å²) in [5, 5.41) is 3.04. The van der Waals surface area contributed by atoms with E-state index in [1.54, 1.807) is 12.3 Å². The minimum atomic E-state index is -0.387. The summed E-state index contributed by atoms with van der Waals surface area (Å²) in [5.41, 5.74) is 1.11. The number of benzene rings is 1. The predicted molar refractivity (Wildman–Crippen MR) is 101 cm³/mol. The summed E-state index contributed by atoms with van der Waals surface area (Å²) < 4.78 is 25.5. The number of hydrogen-bond donors (Lipinski definition) is 1. The number of hydrogen-bond acceptors (Lipinski definition) is 4. The van der Waals surface area contributed by atoms with Crippen molar-refractivity contribution in [2.75, 3.05) is 19.6 Å². The highest BCUT2D eigenvalue weighted by atomic mass is 19.1. The third kappa shape index (κ3) is 2.95. The predicted octanol–water partition coefficient (Wildman–Crippen LogP) is 3.14. The zero-order valence-electron chi connectivity index (χ0n) is 16.0. The van der Waals surface area contributed by atoms with Gasteiger partial charge in [0.15, 0.2) is 0 Å². The summed E-state index contributed by atoms with van der Waals surface area (Å²) >= 11 is 0. The highest BCUT2D eigenvalue weighted by Crippen LogP contribution is 2.54. The molecule has 4 atom stereocenters. The summed E-state index contributed by atoms with van der Waals surface area (Å²) in [5.74, 6) is 1.09. The third-order valence-corrected chi connectivity index (χ3v) is 6.76. The van der Waals surface area contributed by atoms with Crippen LogP contribution in [-0.2, 0) is 11.3 Å². The van der Waals surface area contributed by atoms with Gasteiger partial charge in [0.2, 0.25) is 0 Å². The molecule has 4 heterocycles. The van der Waals surface area contributed by atoms with Crippen LogP contribution in [0.5, 0.6) is 0 Å². The molecule has 3 aliphatic rings. The molecule has 6 heteroatoms. The maximum atomic E-state index is 13.5. The SMILES string of the molecule is Cc1ccc(F)cc1C(=O)NC[C@H]1[C@H]2CN(Cc3ccco3)C[C@]23CC[C@H]1O3. The Balaban J connectivity index is 1.26. The highest BCUT2D eigenvalue weighted by Gasteiger charge is 2.62. The van der Waals surface area contributed by atoms with E-state index >= 15 is 0 Å². The van der Waals surface area contributed by atoms with E-state index in [1.165, 1.54) is 12.1 Å². The first-order valence-corrected chi connectivity index (χ1v) is 10.0. The number of carbonyl (C=O) groups excluding carboxylic acids is 1. The molecule has 1 aromatic heterocycles. The number of ether oxygens (including phenoxy) is 1. The van der Waals surface area contributed by atoms with Crippen molar-refractivity contribution in [1.82, 2.24) is 10.2 Å². The second-order valence-corrected chi connectivity index (χ2v) is 8.45. The maximum Gasteiger partial charge on any atom is 0.251 e. The number of likely N-dealkylation sites (tertiary alicyclic amines) is 1. The number of nitrogens with zero attached hydrogens (tertiary/aromatic N) is 1. The van der Waals surface area contributed by atoms with Gasteiger partial charge in [0.1, 0.15) is 11.6 Å². The lowest BCUT2D eigenvalue weighted by atomic mass is 9.73. The van der Waals surface area contributed by atoms with Crippen LogP contribution in [0, 0.1) is 24.6 Å². The van der Waals surface area contributed by atoms with Crippen molar-refractivity contribution in [3.8, 4) is 0 Å². The fourth-order valence-electron chi connectivity index (χ4n) is 5.45. The Kier molecular flexibility index (Phi) is 4.29. The van der Waals surface area contributed by atoms with Gasteiger partial charge in [0.25, 0.3) is 5.91 Å². The molecule has 1 N–H and O–H groups in total. The molecule has 2 bridgehead atoms. The topological polar surface area (TPSA) is 54.7 Å².